The first-order valence-electron chi connectivity index (χ1n) is 8.00. The van der Waals surface area contributed by atoms with Crippen LogP contribution < -0.4 is 12.4 Å². The Hall–Kier alpha value is 0.730. The van der Waals surface area contributed by atoms with Gasteiger partial charge in [0.1, 0.15) is 0 Å². The Bertz CT molecular complexity index is 174. The molecule has 0 N–H and O–H groups in total. The SMILES string of the molecule is CCCCCCCCCCC[N+](C)(C)CCCBr.[Cl-]. The zero-order chi connectivity index (χ0) is 13.7. The summed E-state index contributed by atoms with van der Waals surface area (Å²) in [5, 5.41) is 1.15. The predicted octanol–water partition coefficient (Wildman–Crippen LogP) is 2.38. The molecule has 0 aromatic heterocycles. The minimum absolute atomic E-state index is 0. The van der Waals surface area contributed by atoms with E-state index in [0.717, 1.165) is 5.33 Å². The number of hydrogen-bond acceptors (Lipinski definition) is 0. The number of halogens is 2. The van der Waals surface area contributed by atoms with Crippen LogP contribution in [0.2, 0.25) is 0 Å². The molecule has 0 saturated heterocycles. The predicted molar refractivity (Wildman–Crippen MR) is 87.5 cm³/mol. The Morgan fingerprint density at radius 1 is 0.684 bits per heavy atom. The summed E-state index contributed by atoms with van der Waals surface area (Å²) in [4.78, 5) is 0. The minimum atomic E-state index is 0. The summed E-state index contributed by atoms with van der Waals surface area (Å²) in [7, 11) is 4.74. The normalized spacial score (nSPS) is 11.4. The fraction of sp³-hybridized carbons (Fsp3) is 1.00. The van der Waals surface area contributed by atoms with Crippen molar-refractivity contribution in [2.75, 3.05) is 32.5 Å². The van der Waals surface area contributed by atoms with Gasteiger partial charge in [-0.3, -0.25) is 0 Å². The molecule has 0 fully saturated rings. The maximum absolute atomic E-state index is 3.52. The largest absolute Gasteiger partial charge is 1.00 e. The quantitative estimate of drug-likeness (QED) is 0.270. The first-order chi connectivity index (χ1) is 8.62. The summed E-state index contributed by atoms with van der Waals surface area (Å²) in [6.45, 7) is 4.95. The average Bonchev–Trinajstić information content (AvgIpc) is 2.34. The highest BCUT2D eigenvalue weighted by Gasteiger charge is 2.12. The van der Waals surface area contributed by atoms with Gasteiger partial charge in [0.05, 0.1) is 27.2 Å². The number of rotatable bonds is 13. The lowest BCUT2D eigenvalue weighted by Gasteiger charge is -2.29. The van der Waals surface area contributed by atoms with E-state index in [1.54, 1.807) is 0 Å². The Labute approximate surface area is 136 Å². The lowest BCUT2D eigenvalue weighted by Crippen LogP contribution is -3.00. The van der Waals surface area contributed by atoms with Gasteiger partial charge in [0, 0.05) is 11.8 Å². The molecule has 0 rings (SSSR count). The summed E-state index contributed by atoms with van der Waals surface area (Å²) >= 11 is 3.52. The zero-order valence-electron chi connectivity index (χ0n) is 13.4. The molecular formula is C16H35BrClN. The molecule has 0 radical (unpaired) electrons. The molecule has 0 heterocycles. The van der Waals surface area contributed by atoms with Gasteiger partial charge in [-0.25, -0.2) is 0 Å². The first kappa shape index (κ1) is 22.0. The Morgan fingerprint density at radius 3 is 1.58 bits per heavy atom. The van der Waals surface area contributed by atoms with Crippen LogP contribution in [0.4, 0.5) is 0 Å². The summed E-state index contributed by atoms with van der Waals surface area (Å²) in [6, 6.07) is 0. The van der Waals surface area contributed by atoms with E-state index in [0.29, 0.717) is 0 Å². The molecule has 0 aromatic rings. The van der Waals surface area contributed by atoms with E-state index < -0.39 is 0 Å². The molecule has 0 atom stereocenters. The van der Waals surface area contributed by atoms with Crippen LogP contribution in [-0.2, 0) is 0 Å². The van der Waals surface area contributed by atoms with Crippen molar-refractivity contribution in [3.63, 3.8) is 0 Å². The van der Waals surface area contributed by atoms with Gasteiger partial charge in [-0.2, -0.15) is 0 Å². The first-order valence-corrected chi connectivity index (χ1v) is 9.12. The van der Waals surface area contributed by atoms with Gasteiger partial charge in [0.25, 0.3) is 0 Å². The molecule has 118 valence electrons. The van der Waals surface area contributed by atoms with Crippen molar-refractivity contribution in [2.45, 2.75) is 71.1 Å². The van der Waals surface area contributed by atoms with Crippen molar-refractivity contribution in [1.82, 2.24) is 0 Å². The van der Waals surface area contributed by atoms with Crippen molar-refractivity contribution in [3.8, 4) is 0 Å². The van der Waals surface area contributed by atoms with Crippen LogP contribution in [0.25, 0.3) is 0 Å². The fourth-order valence-electron chi connectivity index (χ4n) is 2.45. The summed E-state index contributed by atoms with van der Waals surface area (Å²) in [5.74, 6) is 0. The van der Waals surface area contributed by atoms with Crippen molar-refractivity contribution in [3.05, 3.63) is 0 Å². The number of alkyl halides is 1. The number of unbranched alkanes of at least 4 members (excludes halogenated alkanes) is 8. The van der Waals surface area contributed by atoms with Crippen LogP contribution in [0, 0.1) is 0 Å². The number of nitrogens with zero attached hydrogens (tertiary/aromatic N) is 1. The third kappa shape index (κ3) is 16.7. The highest BCUT2D eigenvalue weighted by atomic mass is 79.9. The molecule has 0 aliphatic carbocycles. The van der Waals surface area contributed by atoms with Gasteiger partial charge in [0.15, 0.2) is 0 Å². The van der Waals surface area contributed by atoms with Crippen LogP contribution >= 0.6 is 15.9 Å². The van der Waals surface area contributed by atoms with Crippen molar-refractivity contribution < 1.29 is 16.9 Å². The monoisotopic (exact) mass is 355 g/mol. The Kier molecular flexibility index (Phi) is 17.5. The van der Waals surface area contributed by atoms with Crippen LogP contribution in [0.1, 0.15) is 71.1 Å². The van der Waals surface area contributed by atoms with Gasteiger partial charge < -0.3 is 16.9 Å². The third-order valence-corrected chi connectivity index (χ3v) is 4.32. The second kappa shape index (κ2) is 15.1. The minimum Gasteiger partial charge on any atom is -1.00 e. The summed E-state index contributed by atoms with van der Waals surface area (Å²) in [5.41, 5.74) is 0. The molecule has 0 amide bonds. The van der Waals surface area contributed by atoms with Crippen molar-refractivity contribution in [1.29, 1.82) is 0 Å². The van der Waals surface area contributed by atoms with E-state index in [9.17, 15) is 0 Å². The van der Waals surface area contributed by atoms with Gasteiger partial charge in [-0.15, -0.1) is 0 Å². The van der Waals surface area contributed by atoms with E-state index in [4.69, 9.17) is 0 Å². The molecule has 1 nitrogen and oxygen atoms in total. The molecule has 19 heavy (non-hydrogen) atoms. The van der Waals surface area contributed by atoms with Crippen LogP contribution in [0.15, 0.2) is 0 Å². The second-order valence-corrected chi connectivity index (χ2v) is 7.05. The van der Waals surface area contributed by atoms with E-state index in [1.807, 2.05) is 0 Å². The highest BCUT2D eigenvalue weighted by molar-refractivity contribution is 9.09. The molecule has 0 aliphatic rings. The standard InChI is InChI=1S/C16H35BrN.ClH/c1-4-5-6-7-8-9-10-11-12-15-18(2,3)16-13-14-17;/h4-16H2,1-3H3;1H/q+1;/p-1. The van der Waals surface area contributed by atoms with Crippen molar-refractivity contribution in [2.24, 2.45) is 0 Å². The van der Waals surface area contributed by atoms with Crippen molar-refractivity contribution >= 4 is 15.9 Å². The van der Waals surface area contributed by atoms with Gasteiger partial charge >= 0.3 is 0 Å². The lowest BCUT2D eigenvalue weighted by molar-refractivity contribution is -0.890. The van der Waals surface area contributed by atoms with E-state index in [-0.39, 0.29) is 12.4 Å². The molecule has 0 spiro atoms. The Balaban J connectivity index is 0. The van der Waals surface area contributed by atoms with Crippen LogP contribution in [0.5, 0.6) is 0 Å². The summed E-state index contributed by atoms with van der Waals surface area (Å²) in [6.07, 6.45) is 14.2. The van der Waals surface area contributed by atoms with Crippen LogP contribution in [0.3, 0.4) is 0 Å². The van der Waals surface area contributed by atoms with E-state index in [1.165, 1.54) is 81.8 Å². The van der Waals surface area contributed by atoms with E-state index in [2.05, 4.69) is 36.9 Å². The molecular weight excluding hydrogens is 322 g/mol. The maximum atomic E-state index is 3.52. The highest BCUT2D eigenvalue weighted by Crippen LogP contribution is 2.11. The smallest absolute Gasteiger partial charge is 0.0790 e. The fourth-order valence-corrected chi connectivity index (χ4v) is 2.70. The summed E-state index contributed by atoms with van der Waals surface area (Å²) < 4.78 is 1.20. The molecule has 0 aliphatic heterocycles. The van der Waals surface area contributed by atoms with E-state index >= 15 is 0 Å². The lowest BCUT2D eigenvalue weighted by atomic mass is 10.1. The second-order valence-electron chi connectivity index (χ2n) is 6.25. The topological polar surface area (TPSA) is 0 Å². The van der Waals surface area contributed by atoms with Crippen LogP contribution in [-0.4, -0.2) is 37.0 Å². The maximum Gasteiger partial charge on any atom is 0.0790 e. The molecule has 0 bridgehead atoms. The van der Waals surface area contributed by atoms with Gasteiger partial charge in [-0.05, 0) is 12.8 Å². The molecule has 3 heteroatoms. The number of hydrogen-bond donors (Lipinski definition) is 0. The molecule has 0 unspecified atom stereocenters. The number of quaternary nitrogens is 1. The van der Waals surface area contributed by atoms with Gasteiger partial charge in [0.2, 0.25) is 0 Å². The third-order valence-electron chi connectivity index (χ3n) is 3.76. The Morgan fingerprint density at radius 2 is 1.11 bits per heavy atom. The average molecular weight is 357 g/mol. The molecule has 0 saturated carbocycles. The van der Waals surface area contributed by atoms with Gasteiger partial charge in [-0.1, -0.05) is 67.8 Å². The molecule has 0 aromatic carbocycles. The zero-order valence-corrected chi connectivity index (χ0v) is 15.7.